The van der Waals surface area contributed by atoms with Gasteiger partial charge in [-0.25, -0.2) is 4.98 Å². The molecule has 2 atom stereocenters. The van der Waals surface area contributed by atoms with Gasteiger partial charge in [0.05, 0.1) is 18.1 Å². The van der Waals surface area contributed by atoms with Crippen LogP contribution < -0.4 is 10.5 Å². The Morgan fingerprint density at radius 3 is 2.31 bits per heavy atom. The van der Waals surface area contributed by atoms with Crippen LogP contribution in [0.5, 0.6) is 5.88 Å². The average molecular weight is 547 g/mol. The lowest BCUT2D eigenvalue weighted by atomic mass is 9.67. The number of hydrogen-bond acceptors (Lipinski definition) is 6. The minimum absolute atomic E-state index is 0.124. The Morgan fingerprint density at radius 1 is 1.05 bits per heavy atom. The Hall–Kier alpha value is -2.69. The molecule has 1 amide bonds. The van der Waals surface area contributed by atoms with Gasteiger partial charge in [0.15, 0.2) is 0 Å². The lowest BCUT2D eigenvalue weighted by molar-refractivity contribution is -0.256. The van der Waals surface area contributed by atoms with Crippen LogP contribution in [0.3, 0.4) is 0 Å². The molecule has 3 fully saturated rings. The fourth-order valence-corrected chi connectivity index (χ4v) is 6.14. The van der Waals surface area contributed by atoms with E-state index in [9.17, 15) is 23.1 Å². The molecule has 10 heteroatoms. The fraction of sp³-hybridized carbons (Fsp3) is 0.586. The van der Waals surface area contributed by atoms with Crippen molar-refractivity contribution >= 4 is 5.91 Å². The molecule has 1 aliphatic carbocycles. The highest BCUT2D eigenvalue weighted by molar-refractivity contribution is 5.80. The van der Waals surface area contributed by atoms with Crippen LogP contribution in [0.15, 0.2) is 42.6 Å². The lowest BCUT2D eigenvalue weighted by Gasteiger charge is -2.47. The van der Waals surface area contributed by atoms with E-state index >= 15 is 0 Å². The number of rotatable bonds is 9. The molecule has 1 aromatic carbocycles. The first-order valence-electron chi connectivity index (χ1n) is 13.9. The van der Waals surface area contributed by atoms with E-state index in [0.717, 1.165) is 30.4 Å². The van der Waals surface area contributed by atoms with Crippen molar-refractivity contribution in [1.82, 2.24) is 14.8 Å². The summed E-state index contributed by atoms with van der Waals surface area (Å²) in [5.41, 5.74) is 6.53. The highest BCUT2D eigenvalue weighted by atomic mass is 19.4. The van der Waals surface area contributed by atoms with Crippen LogP contribution in [-0.2, 0) is 4.79 Å². The van der Waals surface area contributed by atoms with E-state index in [1.54, 1.807) is 11.1 Å². The molecule has 212 valence electrons. The van der Waals surface area contributed by atoms with Crippen molar-refractivity contribution in [2.75, 3.05) is 32.8 Å². The number of ether oxygens (including phenoxy) is 1. The third-order valence-electron chi connectivity index (χ3n) is 8.83. The van der Waals surface area contributed by atoms with Gasteiger partial charge in [0.1, 0.15) is 6.23 Å². The van der Waals surface area contributed by atoms with Gasteiger partial charge in [-0.05, 0) is 74.7 Å². The molecule has 5 rings (SSSR count). The molecule has 2 aromatic rings. The first kappa shape index (κ1) is 27.9. The summed E-state index contributed by atoms with van der Waals surface area (Å²) < 4.78 is 46.4. The minimum atomic E-state index is -4.12. The number of carbonyl (C=O) groups excluding carboxylic acids is 1. The highest BCUT2D eigenvalue weighted by Crippen LogP contribution is 2.53. The average Bonchev–Trinajstić information content (AvgIpc) is 3.40. The molecule has 39 heavy (non-hydrogen) atoms. The maximum absolute atomic E-state index is 13.5. The van der Waals surface area contributed by atoms with E-state index in [0.29, 0.717) is 56.4 Å². The molecule has 3 N–H and O–H groups in total. The Balaban J connectivity index is 1.09. The number of pyridine rings is 1. The quantitative estimate of drug-likeness (QED) is 0.481. The molecule has 7 nitrogen and oxygen atoms in total. The highest BCUT2D eigenvalue weighted by Gasteiger charge is 2.58. The number of hydrogen-bond donors (Lipinski definition) is 2. The van der Waals surface area contributed by atoms with Gasteiger partial charge in [0, 0.05) is 30.9 Å². The van der Waals surface area contributed by atoms with Gasteiger partial charge in [0.2, 0.25) is 11.8 Å². The van der Waals surface area contributed by atoms with E-state index in [2.05, 4.69) is 4.98 Å². The first-order chi connectivity index (χ1) is 18.6. The number of nitrogens with two attached hydrogens (primary N) is 1. The second-order valence-electron chi connectivity index (χ2n) is 11.3. The van der Waals surface area contributed by atoms with Crippen LogP contribution in [0.1, 0.15) is 56.7 Å². The molecule has 1 saturated carbocycles. The molecular formula is C29H37F3N4O3. The fourth-order valence-electron chi connectivity index (χ4n) is 6.14. The van der Waals surface area contributed by atoms with Crippen molar-refractivity contribution in [2.24, 2.45) is 17.1 Å². The van der Waals surface area contributed by atoms with Crippen molar-refractivity contribution in [3.63, 3.8) is 0 Å². The van der Waals surface area contributed by atoms with Crippen LogP contribution in [0.2, 0.25) is 0 Å². The van der Waals surface area contributed by atoms with Crippen molar-refractivity contribution < 1.29 is 27.8 Å². The maximum atomic E-state index is 13.5. The van der Waals surface area contributed by atoms with Crippen molar-refractivity contribution in [2.45, 2.75) is 63.4 Å². The molecule has 0 spiro atoms. The molecule has 1 unspecified atom stereocenters. The van der Waals surface area contributed by atoms with Gasteiger partial charge in [-0.2, -0.15) is 13.2 Å². The summed E-state index contributed by atoms with van der Waals surface area (Å²) in [6, 6.07) is 10.8. The zero-order chi connectivity index (χ0) is 27.6. The normalized spacial score (nSPS) is 23.3. The zero-order valence-corrected chi connectivity index (χ0v) is 22.1. The first-order valence-corrected chi connectivity index (χ1v) is 13.9. The predicted octanol–water partition coefficient (Wildman–Crippen LogP) is 4.51. The molecule has 2 saturated heterocycles. The van der Waals surface area contributed by atoms with E-state index < -0.39 is 29.8 Å². The zero-order valence-electron chi connectivity index (χ0n) is 22.1. The number of halogens is 3. The number of aliphatic hydroxyl groups is 1. The van der Waals surface area contributed by atoms with E-state index in [-0.39, 0.29) is 19.4 Å². The van der Waals surface area contributed by atoms with Crippen LogP contribution in [0.25, 0.3) is 11.1 Å². The van der Waals surface area contributed by atoms with Gasteiger partial charge in [-0.3, -0.25) is 9.69 Å². The standard InChI is InChI=1S/C29H37F3N4O3/c30-29(31,32)28(12-2-13-28)19-35-15-10-20(11-16-35)18-39-25-9-8-23(17-34-25)21-4-6-22(7-5-21)27(38)36-14-1-3-24(36)26(33)37/h4-9,17,20,24,27,38H,1-3,10-16,18-19H2,(H2,33,37)/t24-,27?/m0/s1. The van der Waals surface area contributed by atoms with Gasteiger partial charge in [0.25, 0.3) is 0 Å². The number of aliphatic hydroxyl groups excluding tert-OH is 1. The number of alkyl halides is 3. The van der Waals surface area contributed by atoms with Crippen LogP contribution in [0, 0.1) is 11.3 Å². The number of primary amides is 1. The molecule has 3 aliphatic rings. The van der Waals surface area contributed by atoms with Crippen LogP contribution in [0.4, 0.5) is 13.2 Å². The summed E-state index contributed by atoms with van der Waals surface area (Å²) in [7, 11) is 0. The van der Waals surface area contributed by atoms with Crippen LogP contribution >= 0.6 is 0 Å². The molecule has 2 aliphatic heterocycles. The summed E-state index contributed by atoms with van der Waals surface area (Å²) >= 11 is 0. The molecule has 0 radical (unpaired) electrons. The van der Waals surface area contributed by atoms with Crippen molar-refractivity contribution in [1.29, 1.82) is 0 Å². The number of carbonyl (C=O) groups is 1. The lowest BCUT2D eigenvalue weighted by Crippen LogP contribution is -2.53. The maximum Gasteiger partial charge on any atom is 0.395 e. The van der Waals surface area contributed by atoms with Gasteiger partial charge in [-0.15, -0.1) is 0 Å². The predicted molar refractivity (Wildman–Crippen MR) is 141 cm³/mol. The van der Waals surface area contributed by atoms with Crippen LogP contribution in [-0.4, -0.2) is 70.8 Å². The molecule has 3 heterocycles. The summed E-state index contributed by atoms with van der Waals surface area (Å²) in [5, 5.41) is 10.8. The number of nitrogens with zero attached hydrogens (tertiary/aromatic N) is 3. The molecular weight excluding hydrogens is 509 g/mol. The smallest absolute Gasteiger partial charge is 0.395 e. The minimum Gasteiger partial charge on any atom is -0.477 e. The summed E-state index contributed by atoms with van der Waals surface area (Å²) in [6.45, 7) is 2.59. The number of piperidine rings is 1. The topological polar surface area (TPSA) is 91.9 Å². The Morgan fingerprint density at radius 2 is 1.74 bits per heavy atom. The number of amides is 1. The number of likely N-dealkylation sites (tertiary alicyclic amines) is 2. The van der Waals surface area contributed by atoms with E-state index in [1.165, 1.54) is 0 Å². The van der Waals surface area contributed by atoms with Crippen molar-refractivity contribution in [3.05, 3.63) is 48.2 Å². The Labute approximate surface area is 227 Å². The van der Waals surface area contributed by atoms with E-state index in [1.807, 2.05) is 41.3 Å². The second kappa shape index (κ2) is 11.4. The van der Waals surface area contributed by atoms with Gasteiger partial charge in [-0.1, -0.05) is 30.7 Å². The Bertz CT molecular complexity index is 1110. The molecule has 0 bridgehead atoms. The van der Waals surface area contributed by atoms with Crippen molar-refractivity contribution in [3.8, 4) is 17.0 Å². The largest absolute Gasteiger partial charge is 0.477 e. The Kier molecular flexibility index (Phi) is 8.16. The summed E-state index contributed by atoms with van der Waals surface area (Å²) in [4.78, 5) is 19.8. The van der Waals surface area contributed by atoms with Gasteiger partial charge >= 0.3 is 6.18 Å². The SMILES string of the molecule is NC(=O)[C@@H]1CCCN1C(O)c1ccc(-c2ccc(OCC3CCN(CC4(C(F)(F)F)CCC4)CC3)nc2)cc1. The number of benzene rings is 1. The monoisotopic (exact) mass is 546 g/mol. The third kappa shape index (κ3) is 6.07. The van der Waals surface area contributed by atoms with Gasteiger partial charge < -0.3 is 20.5 Å². The molecule has 1 aromatic heterocycles. The van der Waals surface area contributed by atoms with E-state index in [4.69, 9.17) is 10.5 Å². The summed E-state index contributed by atoms with van der Waals surface area (Å²) in [5.74, 6) is 0.407. The number of aromatic nitrogens is 1. The third-order valence-corrected chi connectivity index (χ3v) is 8.83. The second-order valence-corrected chi connectivity index (χ2v) is 11.3. The summed E-state index contributed by atoms with van der Waals surface area (Å²) in [6.07, 6.45) is 1.04.